The summed E-state index contributed by atoms with van der Waals surface area (Å²) >= 11 is 0. The molecule has 4 N–H and O–H groups in total. The number of para-hydroxylation sites is 3. The highest BCUT2D eigenvalue weighted by molar-refractivity contribution is 5.89. The third-order valence-electron chi connectivity index (χ3n) is 6.70. The van der Waals surface area contributed by atoms with Crippen LogP contribution in [0.2, 0.25) is 0 Å². The highest BCUT2D eigenvalue weighted by Crippen LogP contribution is 2.22. The van der Waals surface area contributed by atoms with E-state index >= 15 is 0 Å². The zero-order chi connectivity index (χ0) is 25.9. The van der Waals surface area contributed by atoms with Gasteiger partial charge in [-0.2, -0.15) is 4.98 Å². The van der Waals surface area contributed by atoms with Crippen molar-refractivity contribution in [1.82, 2.24) is 30.5 Å². The lowest BCUT2D eigenvalue weighted by Gasteiger charge is -2.36. The lowest BCUT2D eigenvalue weighted by molar-refractivity contribution is -0.123. The second-order valence-corrected chi connectivity index (χ2v) is 9.25. The molecule has 0 radical (unpaired) electrons. The number of hydrogen-bond acceptors (Lipinski definition) is 6. The van der Waals surface area contributed by atoms with Crippen LogP contribution in [0.25, 0.3) is 22.1 Å². The van der Waals surface area contributed by atoms with Gasteiger partial charge >= 0.3 is 6.03 Å². The third-order valence-corrected chi connectivity index (χ3v) is 6.70. The SMILES string of the molecule is CC[C@H]1CCCCN1C(=O)N[C@H](Nc1nc2ccccc2o1)C(=O)N[C@@H](C)c1nc2c(F)cccc2[nH]1. The first-order valence-corrected chi connectivity index (χ1v) is 12.6. The summed E-state index contributed by atoms with van der Waals surface area (Å²) < 4.78 is 19.8. The van der Waals surface area contributed by atoms with E-state index in [1.54, 1.807) is 36.1 Å². The van der Waals surface area contributed by atoms with Crippen LogP contribution in [0.5, 0.6) is 0 Å². The number of aromatic amines is 1. The maximum absolute atomic E-state index is 14.1. The van der Waals surface area contributed by atoms with Gasteiger partial charge in [0.2, 0.25) is 0 Å². The molecule has 0 bridgehead atoms. The Bertz CT molecular complexity index is 1380. The van der Waals surface area contributed by atoms with Crippen molar-refractivity contribution in [1.29, 1.82) is 0 Å². The first-order valence-electron chi connectivity index (χ1n) is 12.6. The van der Waals surface area contributed by atoms with E-state index in [9.17, 15) is 14.0 Å². The van der Waals surface area contributed by atoms with Gasteiger partial charge in [0.05, 0.1) is 11.6 Å². The fourth-order valence-electron chi connectivity index (χ4n) is 4.71. The number of benzene rings is 2. The maximum atomic E-state index is 14.1. The molecule has 4 aromatic rings. The molecule has 1 aliphatic heterocycles. The summed E-state index contributed by atoms with van der Waals surface area (Å²) in [6.45, 7) is 4.40. The van der Waals surface area contributed by atoms with Crippen LogP contribution in [0.4, 0.5) is 15.2 Å². The lowest BCUT2D eigenvalue weighted by Crippen LogP contribution is -2.57. The highest BCUT2D eigenvalue weighted by atomic mass is 19.1. The van der Waals surface area contributed by atoms with Crippen LogP contribution >= 0.6 is 0 Å². The summed E-state index contributed by atoms with van der Waals surface area (Å²) in [5.41, 5.74) is 1.90. The standard InChI is InChI=1S/C26H30FN7O3/c1-3-16-9-6-7-14-34(16)26(36)33-23(32-25-30-18-11-4-5-13-20(18)37-25)24(35)28-15(2)22-29-19-12-8-10-17(27)21(19)31-22/h4-5,8,10-13,15-16,23H,3,6-7,9,14H2,1-2H3,(H,28,35)(H,29,31)(H,30,32)(H,33,36)/t15-,16-,23-/m0/s1. The molecule has 0 unspecified atom stereocenters. The molecule has 194 valence electrons. The molecular formula is C26H30FN7O3. The zero-order valence-corrected chi connectivity index (χ0v) is 20.8. The fourth-order valence-corrected chi connectivity index (χ4v) is 4.71. The summed E-state index contributed by atoms with van der Waals surface area (Å²) in [6, 6.07) is 11.1. The van der Waals surface area contributed by atoms with E-state index in [0.717, 1.165) is 25.7 Å². The molecule has 0 saturated carbocycles. The number of fused-ring (bicyclic) bond motifs is 2. The molecule has 2 aromatic heterocycles. The fraction of sp³-hybridized carbons (Fsp3) is 0.385. The number of anilines is 1. The Labute approximate surface area is 213 Å². The van der Waals surface area contributed by atoms with Gasteiger partial charge in [-0.25, -0.2) is 14.2 Å². The van der Waals surface area contributed by atoms with E-state index in [2.05, 4.69) is 37.8 Å². The molecule has 11 heteroatoms. The molecule has 10 nitrogen and oxygen atoms in total. The molecule has 37 heavy (non-hydrogen) atoms. The van der Waals surface area contributed by atoms with Crippen molar-refractivity contribution in [2.24, 2.45) is 0 Å². The summed E-state index contributed by atoms with van der Waals surface area (Å²) in [6.07, 6.45) is 2.58. The third kappa shape index (κ3) is 5.20. The van der Waals surface area contributed by atoms with Crippen LogP contribution in [-0.2, 0) is 4.79 Å². The Kier molecular flexibility index (Phi) is 6.93. The number of aromatic nitrogens is 3. The Morgan fingerprint density at radius 2 is 2.00 bits per heavy atom. The predicted molar refractivity (Wildman–Crippen MR) is 137 cm³/mol. The number of halogens is 1. The number of nitrogens with one attached hydrogen (secondary N) is 4. The molecule has 1 saturated heterocycles. The minimum absolute atomic E-state index is 0.103. The molecule has 1 aliphatic rings. The normalized spacial score (nSPS) is 17.5. The largest absolute Gasteiger partial charge is 0.424 e. The van der Waals surface area contributed by atoms with Gasteiger partial charge < -0.3 is 30.3 Å². The monoisotopic (exact) mass is 507 g/mol. The quantitative estimate of drug-likeness (QED) is 0.274. The van der Waals surface area contributed by atoms with Crippen LogP contribution < -0.4 is 16.0 Å². The lowest BCUT2D eigenvalue weighted by atomic mass is 10.0. The van der Waals surface area contributed by atoms with E-state index in [1.165, 1.54) is 6.07 Å². The second kappa shape index (κ2) is 10.5. The maximum Gasteiger partial charge on any atom is 0.319 e. The smallest absolute Gasteiger partial charge is 0.319 e. The van der Waals surface area contributed by atoms with Gasteiger partial charge in [-0.1, -0.05) is 25.1 Å². The van der Waals surface area contributed by atoms with Gasteiger partial charge in [0.1, 0.15) is 16.9 Å². The molecular weight excluding hydrogens is 477 g/mol. The van der Waals surface area contributed by atoms with Crippen molar-refractivity contribution in [2.75, 3.05) is 11.9 Å². The summed E-state index contributed by atoms with van der Waals surface area (Å²) in [5.74, 6) is -0.579. The number of oxazole rings is 1. The van der Waals surface area contributed by atoms with Crippen LogP contribution in [-0.4, -0.2) is 50.5 Å². The number of amides is 3. The van der Waals surface area contributed by atoms with Crippen molar-refractivity contribution in [3.8, 4) is 0 Å². The number of imidazole rings is 1. The molecule has 0 aliphatic carbocycles. The molecule has 0 spiro atoms. The number of likely N-dealkylation sites (tertiary alicyclic amines) is 1. The molecule has 3 amide bonds. The summed E-state index contributed by atoms with van der Waals surface area (Å²) in [4.78, 5) is 40.1. The number of hydrogen-bond donors (Lipinski definition) is 4. The van der Waals surface area contributed by atoms with Crippen LogP contribution in [0.3, 0.4) is 0 Å². The zero-order valence-electron chi connectivity index (χ0n) is 20.8. The number of nitrogens with zero attached hydrogens (tertiary/aromatic N) is 3. The van der Waals surface area contributed by atoms with E-state index in [1.807, 2.05) is 12.1 Å². The number of H-pyrrole nitrogens is 1. The minimum Gasteiger partial charge on any atom is -0.424 e. The molecule has 2 aromatic carbocycles. The van der Waals surface area contributed by atoms with Crippen molar-refractivity contribution in [2.45, 2.75) is 57.8 Å². The molecule has 1 fully saturated rings. The van der Waals surface area contributed by atoms with E-state index in [-0.39, 0.29) is 23.6 Å². The average Bonchev–Trinajstić information content (AvgIpc) is 3.53. The van der Waals surface area contributed by atoms with E-state index in [0.29, 0.717) is 29.0 Å². The van der Waals surface area contributed by atoms with Crippen molar-refractivity contribution in [3.63, 3.8) is 0 Å². The van der Waals surface area contributed by atoms with Gasteiger partial charge in [0.15, 0.2) is 17.6 Å². The molecule has 3 atom stereocenters. The van der Waals surface area contributed by atoms with Crippen LogP contribution in [0, 0.1) is 5.82 Å². The molecule has 5 rings (SSSR count). The van der Waals surface area contributed by atoms with Crippen LogP contribution in [0.1, 0.15) is 51.4 Å². The Morgan fingerprint density at radius 1 is 1.16 bits per heavy atom. The first-order chi connectivity index (χ1) is 17.9. The highest BCUT2D eigenvalue weighted by Gasteiger charge is 2.31. The predicted octanol–water partition coefficient (Wildman–Crippen LogP) is 4.43. The van der Waals surface area contributed by atoms with Gasteiger partial charge in [0.25, 0.3) is 11.9 Å². The Morgan fingerprint density at radius 3 is 2.78 bits per heavy atom. The number of piperidine rings is 1. The average molecular weight is 508 g/mol. The molecule has 3 heterocycles. The van der Waals surface area contributed by atoms with Gasteiger partial charge in [-0.05, 0) is 56.9 Å². The van der Waals surface area contributed by atoms with Crippen LogP contribution in [0.15, 0.2) is 46.9 Å². The topological polar surface area (TPSA) is 128 Å². The summed E-state index contributed by atoms with van der Waals surface area (Å²) in [5, 5.41) is 8.58. The second-order valence-electron chi connectivity index (χ2n) is 9.25. The number of rotatable bonds is 7. The Hall–Kier alpha value is -4.15. The van der Waals surface area contributed by atoms with E-state index in [4.69, 9.17) is 4.42 Å². The number of carbonyl (C=O) groups is 2. The van der Waals surface area contributed by atoms with E-state index < -0.39 is 23.9 Å². The first kappa shape index (κ1) is 24.5. The minimum atomic E-state index is -1.18. The van der Waals surface area contributed by atoms with Crippen molar-refractivity contribution >= 4 is 40.1 Å². The summed E-state index contributed by atoms with van der Waals surface area (Å²) in [7, 11) is 0. The number of urea groups is 1. The number of carbonyl (C=O) groups excluding carboxylic acids is 2. The van der Waals surface area contributed by atoms with Crippen molar-refractivity contribution < 1.29 is 18.4 Å². The van der Waals surface area contributed by atoms with Gasteiger partial charge in [-0.3, -0.25) is 4.79 Å². The Balaban J connectivity index is 1.36. The van der Waals surface area contributed by atoms with Gasteiger partial charge in [-0.15, -0.1) is 0 Å². The van der Waals surface area contributed by atoms with Crippen molar-refractivity contribution in [3.05, 3.63) is 54.1 Å². The van der Waals surface area contributed by atoms with Gasteiger partial charge in [0, 0.05) is 12.6 Å².